The Balaban J connectivity index is 1.59. The van der Waals surface area contributed by atoms with Gasteiger partial charge in [0.05, 0.1) is 11.0 Å². The monoisotopic (exact) mass is 319 g/mol. The lowest BCUT2D eigenvalue weighted by Crippen LogP contribution is -1.91. The molecule has 2 aromatic carbocycles. The Morgan fingerprint density at radius 3 is 2.25 bits per heavy atom. The van der Waals surface area contributed by atoms with Crippen molar-refractivity contribution < 1.29 is 0 Å². The van der Waals surface area contributed by atoms with Crippen molar-refractivity contribution in [3.8, 4) is 0 Å². The van der Waals surface area contributed by atoms with Gasteiger partial charge in [0, 0.05) is 10.8 Å². The molecule has 0 saturated heterocycles. The zero-order valence-electron chi connectivity index (χ0n) is 14.9. The first-order valence-electron chi connectivity index (χ1n) is 9.66. The van der Waals surface area contributed by atoms with E-state index in [-0.39, 0.29) is 0 Å². The molecular formula is C23H29N. The maximum atomic E-state index is 4.82. The molecular weight excluding hydrogens is 290 g/mol. The van der Waals surface area contributed by atoms with Crippen LogP contribution >= 0.6 is 0 Å². The Morgan fingerprint density at radius 2 is 1.42 bits per heavy atom. The number of hydrogen-bond acceptors (Lipinski definition) is 1. The summed E-state index contributed by atoms with van der Waals surface area (Å²) in [7, 11) is 0. The summed E-state index contributed by atoms with van der Waals surface area (Å²) < 4.78 is 0. The molecule has 3 rings (SSSR count). The zero-order chi connectivity index (χ0) is 16.6. The maximum absolute atomic E-state index is 4.82. The van der Waals surface area contributed by atoms with Gasteiger partial charge >= 0.3 is 0 Å². The van der Waals surface area contributed by atoms with Gasteiger partial charge in [0.1, 0.15) is 0 Å². The van der Waals surface area contributed by atoms with Crippen LogP contribution in [-0.4, -0.2) is 4.98 Å². The first-order chi connectivity index (χ1) is 11.9. The van der Waals surface area contributed by atoms with Crippen molar-refractivity contribution in [2.75, 3.05) is 0 Å². The number of hydrogen-bond donors (Lipinski definition) is 0. The molecule has 126 valence electrons. The number of unbranched alkanes of at least 4 members (excludes halogenated alkanes) is 7. The summed E-state index contributed by atoms with van der Waals surface area (Å²) in [5.41, 5.74) is 3.68. The number of benzene rings is 2. The average molecular weight is 319 g/mol. The van der Waals surface area contributed by atoms with Gasteiger partial charge in [0.2, 0.25) is 0 Å². The van der Waals surface area contributed by atoms with Gasteiger partial charge in [-0.15, -0.1) is 0 Å². The molecule has 0 amide bonds. The van der Waals surface area contributed by atoms with Crippen molar-refractivity contribution in [3.63, 3.8) is 0 Å². The van der Waals surface area contributed by atoms with Gasteiger partial charge in [-0.25, -0.2) is 4.98 Å². The van der Waals surface area contributed by atoms with Gasteiger partial charge in [-0.2, -0.15) is 0 Å². The van der Waals surface area contributed by atoms with E-state index in [1.165, 1.54) is 74.1 Å². The van der Waals surface area contributed by atoms with E-state index in [1.54, 1.807) is 0 Å². The summed E-state index contributed by atoms with van der Waals surface area (Å²) in [5, 5.41) is 2.58. The second-order valence-corrected chi connectivity index (χ2v) is 6.89. The Hall–Kier alpha value is -1.89. The number of nitrogens with zero attached hydrogens (tertiary/aromatic N) is 1. The van der Waals surface area contributed by atoms with Crippen LogP contribution in [0.4, 0.5) is 0 Å². The number of rotatable bonds is 9. The summed E-state index contributed by atoms with van der Waals surface area (Å²) in [6, 6.07) is 17.3. The highest BCUT2D eigenvalue weighted by Gasteiger charge is 2.04. The van der Waals surface area contributed by atoms with Crippen LogP contribution in [0.2, 0.25) is 0 Å². The molecule has 1 heterocycles. The standard InChI is InChI=1S/C23H29N/c1-2-3-4-5-6-7-8-9-13-19-15-12-17-23-21(19)18-20-14-10-11-16-22(20)24-23/h10-12,14-18H,2-9,13H2,1H3. The number of aromatic nitrogens is 1. The van der Waals surface area contributed by atoms with E-state index < -0.39 is 0 Å². The van der Waals surface area contributed by atoms with Crippen molar-refractivity contribution in [2.45, 2.75) is 64.7 Å². The van der Waals surface area contributed by atoms with Crippen molar-refractivity contribution >= 4 is 21.8 Å². The SMILES string of the molecule is CCCCCCCCCCc1cccc2nc3ccccc3cc12. The topological polar surface area (TPSA) is 12.9 Å². The maximum Gasteiger partial charge on any atom is 0.0712 e. The van der Waals surface area contributed by atoms with E-state index in [9.17, 15) is 0 Å². The third kappa shape index (κ3) is 4.35. The van der Waals surface area contributed by atoms with E-state index >= 15 is 0 Å². The minimum absolute atomic E-state index is 1.09. The average Bonchev–Trinajstić information content (AvgIpc) is 2.62. The number of para-hydroxylation sites is 1. The van der Waals surface area contributed by atoms with Crippen molar-refractivity contribution in [1.82, 2.24) is 4.98 Å². The van der Waals surface area contributed by atoms with Crippen LogP contribution in [0.15, 0.2) is 48.5 Å². The number of aryl methyl sites for hydroxylation is 1. The normalized spacial score (nSPS) is 11.4. The Labute approximate surface area is 146 Å². The van der Waals surface area contributed by atoms with Crippen molar-refractivity contribution in [3.05, 3.63) is 54.1 Å². The molecule has 0 aliphatic carbocycles. The Bertz CT molecular complexity index is 775. The lowest BCUT2D eigenvalue weighted by Gasteiger charge is -2.08. The van der Waals surface area contributed by atoms with E-state index in [0.29, 0.717) is 0 Å². The molecule has 0 aliphatic rings. The Kier molecular flexibility index (Phi) is 6.23. The largest absolute Gasteiger partial charge is 0.248 e. The summed E-state index contributed by atoms with van der Waals surface area (Å²) >= 11 is 0. The van der Waals surface area contributed by atoms with E-state index in [4.69, 9.17) is 4.98 Å². The summed E-state index contributed by atoms with van der Waals surface area (Å²) in [5.74, 6) is 0. The van der Waals surface area contributed by atoms with Gasteiger partial charge in [0.25, 0.3) is 0 Å². The fourth-order valence-corrected chi connectivity index (χ4v) is 3.53. The second kappa shape index (κ2) is 8.82. The predicted molar refractivity (Wildman–Crippen MR) is 106 cm³/mol. The molecule has 24 heavy (non-hydrogen) atoms. The molecule has 1 nitrogen and oxygen atoms in total. The molecule has 1 aromatic heterocycles. The molecule has 0 N–H and O–H groups in total. The lowest BCUT2D eigenvalue weighted by molar-refractivity contribution is 0.576. The van der Waals surface area contributed by atoms with Gasteiger partial charge in [-0.1, -0.05) is 82.2 Å². The van der Waals surface area contributed by atoms with Gasteiger partial charge in [-0.3, -0.25) is 0 Å². The first kappa shape index (κ1) is 17.0. The van der Waals surface area contributed by atoms with Crippen LogP contribution in [-0.2, 0) is 6.42 Å². The third-order valence-electron chi connectivity index (χ3n) is 4.95. The van der Waals surface area contributed by atoms with Crippen LogP contribution in [0.5, 0.6) is 0 Å². The molecule has 0 unspecified atom stereocenters. The van der Waals surface area contributed by atoms with E-state index in [0.717, 1.165) is 11.0 Å². The van der Waals surface area contributed by atoms with E-state index in [1.807, 2.05) is 0 Å². The fraction of sp³-hybridized carbons (Fsp3) is 0.435. The minimum atomic E-state index is 1.09. The van der Waals surface area contributed by atoms with Crippen LogP contribution in [0.3, 0.4) is 0 Å². The van der Waals surface area contributed by atoms with Crippen molar-refractivity contribution in [1.29, 1.82) is 0 Å². The first-order valence-corrected chi connectivity index (χ1v) is 9.66. The lowest BCUT2D eigenvalue weighted by atomic mass is 10.00. The summed E-state index contributed by atoms with van der Waals surface area (Å²) in [6.45, 7) is 2.28. The number of pyridine rings is 1. The van der Waals surface area contributed by atoms with Crippen LogP contribution in [0.25, 0.3) is 21.8 Å². The highest BCUT2D eigenvalue weighted by atomic mass is 14.7. The van der Waals surface area contributed by atoms with E-state index in [2.05, 4.69) is 55.5 Å². The quantitative estimate of drug-likeness (QED) is 0.303. The number of fused-ring (bicyclic) bond motifs is 2. The summed E-state index contributed by atoms with van der Waals surface area (Å²) in [6.07, 6.45) is 12.2. The second-order valence-electron chi connectivity index (χ2n) is 6.89. The third-order valence-corrected chi connectivity index (χ3v) is 4.95. The molecule has 1 heteroatoms. The highest BCUT2D eigenvalue weighted by Crippen LogP contribution is 2.24. The zero-order valence-corrected chi connectivity index (χ0v) is 14.9. The minimum Gasteiger partial charge on any atom is -0.248 e. The molecule has 0 fully saturated rings. The van der Waals surface area contributed by atoms with Crippen LogP contribution < -0.4 is 0 Å². The van der Waals surface area contributed by atoms with Gasteiger partial charge in [-0.05, 0) is 36.6 Å². The molecule has 3 aromatic rings. The highest BCUT2D eigenvalue weighted by molar-refractivity contribution is 5.94. The smallest absolute Gasteiger partial charge is 0.0712 e. The van der Waals surface area contributed by atoms with Gasteiger partial charge in [0.15, 0.2) is 0 Å². The molecule has 0 radical (unpaired) electrons. The van der Waals surface area contributed by atoms with Crippen LogP contribution in [0.1, 0.15) is 63.9 Å². The Morgan fingerprint density at radius 1 is 0.708 bits per heavy atom. The molecule has 0 atom stereocenters. The molecule has 0 aliphatic heterocycles. The predicted octanol–water partition coefficient (Wildman–Crippen LogP) is 7.07. The fourth-order valence-electron chi connectivity index (χ4n) is 3.53. The summed E-state index contributed by atoms with van der Waals surface area (Å²) in [4.78, 5) is 4.82. The van der Waals surface area contributed by atoms with Crippen molar-refractivity contribution in [2.24, 2.45) is 0 Å². The molecule has 0 spiro atoms. The van der Waals surface area contributed by atoms with Crippen LogP contribution in [0, 0.1) is 0 Å². The van der Waals surface area contributed by atoms with Gasteiger partial charge < -0.3 is 0 Å². The molecule has 0 bridgehead atoms. The molecule has 0 saturated carbocycles.